The van der Waals surface area contributed by atoms with Crippen LogP contribution in [0.1, 0.15) is 22.2 Å². The molecular formula is C18H21N3O4S. The van der Waals surface area contributed by atoms with Crippen LogP contribution in [0.25, 0.3) is 0 Å². The summed E-state index contributed by atoms with van der Waals surface area (Å²) in [6.45, 7) is 2.24. The van der Waals surface area contributed by atoms with E-state index in [2.05, 4.69) is 10.5 Å². The van der Waals surface area contributed by atoms with Gasteiger partial charge in [0.2, 0.25) is 0 Å². The van der Waals surface area contributed by atoms with Gasteiger partial charge in [-0.25, -0.2) is 5.43 Å². The Morgan fingerprint density at radius 2 is 2.04 bits per heavy atom. The number of carbonyl (C=O) groups is 2. The van der Waals surface area contributed by atoms with E-state index in [9.17, 15) is 9.59 Å². The Bertz CT molecular complexity index is 773. The van der Waals surface area contributed by atoms with Gasteiger partial charge in [0.05, 0.1) is 17.7 Å². The number of likely N-dealkylation sites (N-methyl/N-ethyl adjacent to an activating group) is 1. The molecule has 2 amide bonds. The second-order valence-electron chi connectivity index (χ2n) is 5.39. The number of hydrogen-bond donors (Lipinski definition) is 1. The molecule has 0 saturated heterocycles. The number of amides is 2. The average Bonchev–Trinajstić information content (AvgIpc) is 3.15. The summed E-state index contributed by atoms with van der Waals surface area (Å²) in [6, 6.07) is 8.73. The molecule has 8 heteroatoms. The van der Waals surface area contributed by atoms with Crippen molar-refractivity contribution in [3.05, 3.63) is 46.2 Å². The summed E-state index contributed by atoms with van der Waals surface area (Å²) in [6.07, 6.45) is 1.52. The highest BCUT2D eigenvalue weighted by atomic mass is 32.1. The molecule has 0 aliphatic heterocycles. The molecule has 2 rings (SSSR count). The molecule has 1 aromatic carbocycles. The molecule has 7 nitrogen and oxygen atoms in total. The Kier molecular flexibility index (Phi) is 7.16. The number of nitrogens with zero attached hydrogens (tertiary/aromatic N) is 2. The maximum atomic E-state index is 11.8. The average molecular weight is 375 g/mol. The van der Waals surface area contributed by atoms with Crippen molar-refractivity contribution in [2.24, 2.45) is 5.10 Å². The number of hydrogen-bond acceptors (Lipinski definition) is 6. The zero-order valence-electron chi connectivity index (χ0n) is 14.9. The molecule has 0 saturated carbocycles. The van der Waals surface area contributed by atoms with Crippen LogP contribution in [-0.2, 0) is 4.79 Å². The predicted molar refractivity (Wildman–Crippen MR) is 101 cm³/mol. The normalized spacial score (nSPS) is 10.6. The molecule has 0 spiro atoms. The van der Waals surface area contributed by atoms with E-state index >= 15 is 0 Å². The van der Waals surface area contributed by atoms with Gasteiger partial charge in [-0.3, -0.25) is 9.59 Å². The predicted octanol–water partition coefficient (Wildman–Crippen LogP) is 2.38. The molecule has 1 aromatic heterocycles. The van der Waals surface area contributed by atoms with Crippen molar-refractivity contribution < 1.29 is 19.1 Å². The lowest BCUT2D eigenvalue weighted by Gasteiger charge is -2.14. The van der Waals surface area contributed by atoms with Crippen LogP contribution in [0.15, 0.2) is 40.8 Å². The van der Waals surface area contributed by atoms with Gasteiger partial charge < -0.3 is 14.4 Å². The first-order valence-corrected chi connectivity index (χ1v) is 8.86. The number of hydrazone groups is 1. The first-order chi connectivity index (χ1) is 12.5. The Morgan fingerprint density at radius 1 is 1.23 bits per heavy atom. The lowest BCUT2D eigenvalue weighted by Crippen LogP contribution is -2.27. The Labute approximate surface area is 156 Å². The second kappa shape index (κ2) is 9.57. The summed E-state index contributed by atoms with van der Waals surface area (Å²) in [5.74, 6) is 0.576. The quantitative estimate of drug-likeness (QED) is 0.567. The van der Waals surface area contributed by atoms with Crippen LogP contribution in [0.2, 0.25) is 0 Å². The summed E-state index contributed by atoms with van der Waals surface area (Å²) in [4.78, 5) is 25.5. The first kappa shape index (κ1) is 19.5. The molecule has 0 radical (unpaired) electrons. The zero-order valence-corrected chi connectivity index (χ0v) is 15.7. The van der Waals surface area contributed by atoms with Crippen molar-refractivity contribution in [2.75, 3.05) is 27.3 Å². The number of ether oxygens (including phenoxy) is 2. The van der Waals surface area contributed by atoms with Crippen LogP contribution in [0.4, 0.5) is 0 Å². The number of thiophene rings is 1. The summed E-state index contributed by atoms with van der Waals surface area (Å²) in [7, 11) is 3.33. The van der Waals surface area contributed by atoms with Crippen LogP contribution in [-0.4, -0.2) is 50.2 Å². The van der Waals surface area contributed by atoms with Gasteiger partial charge in [0.1, 0.15) is 0 Å². The van der Waals surface area contributed by atoms with E-state index in [0.29, 0.717) is 23.0 Å². The van der Waals surface area contributed by atoms with Crippen molar-refractivity contribution in [3.8, 4) is 11.5 Å². The van der Waals surface area contributed by atoms with E-state index in [-0.39, 0.29) is 18.4 Å². The second-order valence-corrected chi connectivity index (χ2v) is 6.34. The van der Waals surface area contributed by atoms with E-state index in [1.54, 1.807) is 44.4 Å². The fourth-order valence-electron chi connectivity index (χ4n) is 1.89. The van der Waals surface area contributed by atoms with Crippen molar-refractivity contribution >= 4 is 29.4 Å². The first-order valence-electron chi connectivity index (χ1n) is 7.98. The van der Waals surface area contributed by atoms with Gasteiger partial charge in [-0.15, -0.1) is 11.3 Å². The fraction of sp³-hybridized carbons (Fsp3) is 0.278. The molecule has 0 atom stereocenters. The van der Waals surface area contributed by atoms with Crippen molar-refractivity contribution in [2.45, 2.75) is 6.92 Å². The largest absolute Gasteiger partial charge is 0.490 e. The standard InChI is InChI=1S/C18H21N3O4S/c1-4-24-15-10-13(7-8-14(15)25-12-17(22)21(2)3)11-19-20-18(23)16-6-5-9-26-16/h5-11H,4,12H2,1-3H3,(H,20,23). The highest BCUT2D eigenvalue weighted by Crippen LogP contribution is 2.28. The summed E-state index contributed by atoms with van der Waals surface area (Å²) in [5.41, 5.74) is 3.20. The van der Waals surface area contributed by atoms with Crippen LogP contribution >= 0.6 is 11.3 Å². The molecule has 138 valence electrons. The highest BCUT2D eigenvalue weighted by molar-refractivity contribution is 7.12. The number of carbonyl (C=O) groups excluding carboxylic acids is 2. The van der Waals surface area contributed by atoms with Crippen molar-refractivity contribution in [1.29, 1.82) is 0 Å². The smallest absolute Gasteiger partial charge is 0.281 e. The summed E-state index contributed by atoms with van der Waals surface area (Å²) < 4.78 is 11.1. The molecular weight excluding hydrogens is 354 g/mol. The minimum absolute atomic E-state index is 0.0720. The van der Waals surface area contributed by atoms with Gasteiger partial charge in [0, 0.05) is 14.1 Å². The van der Waals surface area contributed by atoms with E-state index in [4.69, 9.17) is 9.47 Å². The number of rotatable bonds is 8. The van der Waals surface area contributed by atoms with Crippen LogP contribution in [0.5, 0.6) is 11.5 Å². The Morgan fingerprint density at radius 3 is 2.69 bits per heavy atom. The van der Waals surface area contributed by atoms with E-state index in [1.165, 1.54) is 22.5 Å². The zero-order chi connectivity index (χ0) is 18.9. The molecule has 1 heterocycles. The maximum absolute atomic E-state index is 11.8. The highest BCUT2D eigenvalue weighted by Gasteiger charge is 2.10. The van der Waals surface area contributed by atoms with Crippen molar-refractivity contribution in [1.82, 2.24) is 10.3 Å². The third kappa shape index (κ3) is 5.59. The maximum Gasteiger partial charge on any atom is 0.281 e. The van der Waals surface area contributed by atoms with E-state index < -0.39 is 0 Å². The van der Waals surface area contributed by atoms with Gasteiger partial charge in [0.25, 0.3) is 11.8 Å². The van der Waals surface area contributed by atoms with Crippen LogP contribution < -0.4 is 14.9 Å². The van der Waals surface area contributed by atoms with Gasteiger partial charge in [0.15, 0.2) is 18.1 Å². The summed E-state index contributed by atoms with van der Waals surface area (Å²) in [5, 5.41) is 5.78. The van der Waals surface area contributed by atoms with Gasteiger partial charge in [-0.2, -0.15) is 5.10 Å². The number of nitrogens with one attached hydrogen (secondary N) is 1. The van der Waals surface area contributed by atoms with Crippen molar-refractivity contribution in [3.63, 3.8) is 0 Å². The SMILES string of the molecule is CCOc1cc(C=NNC(=O)c2cccs2)ccc1OCC(=O)N(C)C. The Balaban J connectivity index is 2.03. The van der Waals surface area contributed by atoms with E-state index in [0.717, 1.165) is 5.56 Å². The molecule has 0 fully saturated rings. The molecule has 0 aliphatic rings. The minimum atomic E-state index is -0.261. The van der Waals surface area contributed by atoms with Crippen LogP contribution in [0, 0.1) is 0 Å². The molecule has 1 N–H and O–H groups in total. The van der Waals surface area contributed by atoms with Gasteiger partial charge in [-0.05, 0) is 42.1 Å². The number of benzene rings is 1. The summed E-state index contributed by atoms with van der Waals surface area (Å²) >= 11 is 1.34. The fourth-order valence-corrected chi connectivity index (χ4v) is 2.50. The Hall–Kier alpha value is -2.87. The molecule has 26 heavy (non-hydrogen) atoms. The molecule has 0 bridgehead atoms. The lowest BCUT2D eigenvalue weighted by atomic mass is 10.2. The lowest BCUT2D eigenvalue weighted by molar-refractivity contribution is -0.130. The molecule has 0 aliphatic carbocycles. The van der Waals surface area contributed by atoms with Gasteiger partial charge >= 0.3 is 0 Å². The van der Waals surface area contributed by atoms with E-state index in [1.807, 2.05) is 12.3 Å². The van der Waals surface area contributed by atoms with Crippen LogP contribution in [0.3, 0.4) is 0 Å². The molecule has 2 aromatic rings. The molecule has 0 unspecified atom stereocenters. The minimum Gasteiger partial charge on any atom is -0.490 e. The third-order valence-corrected chi connectivity index (χ3v) is 4.11. The topological polar surface area (TPSA) is 80.2 Å². The third-order valence-electron chi connectivity index (χ3n) is 3.24. The van der Waals surface area contributed by atoms with Gasteiger partial charge in [-0.1, -0.05) is 6.07 Å². The monoisotopic (exact) mass is 375 g/mol.